The zero-order valence-corrected chi connectivity index (χ0v) is 17.0. The highest BCUT2D eigenvalue weighted by Crippen LogP contribution is 2.34. The van der Waals surface area contributed by atoms with E-state index >= 15 is 0 Å². The van der Waals surface area contributed by atoms with Gasteiger partial charge in [0.15, 0.2) is 17.3 Å². The lowest BCUT2D eigenvalue weighted by Crippen LogP contribution is -2.23. The Balaban J connectivity index is 1.86. The van der Waals surface area contributed by atoms with Crippen LogP contribution in [-0.4, -0.2) is 33.8 Å². The summed E-state index contributed by atoms with van der Waals surface area (Å²) >= 11 is 0. The fourth-order valence-electron chi connectivity index (χ4n) is 3.12. The molecule has 1 N–H and O–H groups in total. The van der Waals surface area contributed by atoms with E-state index in [0.717, 1.165) is 16.5 Å². The lowest BCUT2D eigenvalue weighted by molar-refractivity contribution is 0.0912. The number of para-hydroxylation sites is 1. The standard InChI is InChI=1S/C22H25NO6/c1-5-28-13-16-15-8-6-7-9-17(15)29-21(16)22(24)23-12-14-10-19(26-3)20(27-4)11-18(14)25-2/h6-11H,5,12-13H2,1-4H3,(H,23,24). The van der Waals surface area contributed by atoms with Crippen molar-refractivity contribution in [3.8, 4) is 17.2 Å². The van der Waals surface area contributed by atoms with Crippen LogP contribution in [0.5, 0.6) is 17.2 Å². The Morgan fingerprint density at radius 2 is 1.69 bits per heavy atom. The summed E-state index contributed by atoms with van der Waals surface area (Å²) in [6.07, 6.45) is 0. The Hall–Kier alpha value is -3.19. The molecule has 1 amide bonds. The predicted molar refractivity (Wildman–Crippen MR) is 109 cm³/mol. The van der Waals surface area contributed by atoms with Crippen LogP contribution in [0.15, 0.2) is 40.8 Å². The van der Waals surface area contributed by atoms with Crippen molar-refractivity contribution >= 4 is 16.9 Å². The molecule has 0 aliphatic heterocycles. The minimum atomic E-state index is -0.326. The molecule has 1 heterocycles. The summed E-state index contributed by atoms with van der Waals surface area (Å²) in [5, 5.41) is 3.76. The van der Waals surface area contributed by atoms with Gasteiger partial charge in [-0.15, -0.1) is 0 Å². The maximum Gasteiger partial charge on any atom is 0.287 e. The zero-order valence-electron chi connectivity index (χ0n) is 17.0. The van der Waals surface area contributed by atoms with Crippen molar-refractivity contribution in [3.05, 3.63) is 53.3 Å². The number of amides is 1. The second-order valence-electron chi connectivity index (χ2n) is 6.24. The van der Waals surface area contributed by atoms with Crippen LogP contribution in [-0.2, 0) is 17.9 Å². The molecule has 0 radical (unpaired) electrons. The number of hydrogen-bond acceptors (Lipinski definition) is 6. The third-order valence-electron chi connectivity index (χ3n) is 4.58. The number of carbonyl (C=O) groups is 1. The van der Waals surface area contributed by atoms with Crippen molar-refractivity contribution in [1.82, 2.24) is 5.32 Å². The number of ether oxygens (including phenoxy) is 4. The molecule has 29 heavy (non-hydrogen) atoms. The highest BCUT2D eigenvalue weighted by Gasteiger charge is 2.21. The van der Waals surface area contributed by atoms with Gasteiger partial charge in [0.05, 0.1) is 27.9 Å². The molecule has 1 aromatic heterocycles. The number of furan rings is 1. The van der Waals surface area contributed by atoms with E-state index in [4.69, 9.17) is 23.4 Å². The quantitative estimate of drug-likeness (QED) is 0.587. The van der Waals surface area contributed by atoms with Gasteiger partial charge in [-0.2, -0.15) is 0 Å². The van der Waals surface area contributed by atoms with Crippen LogP contribution >= 0.6 is 0 Å². The molecule has 0 unspecified atom stereocenters. The van der Waals surface area contributed by atoms with Crippen LogP contribution in [0, 0.1) is 0 Å². The van der Waals surface area contributed by atoms with Crippen molar-refractivity contribution in [2.24, 2.45) is 0 Å². The molecule has 0 spiro atoms. The highest BCUT2D eigenvalue weighted by molar-refractivity contribution is 5.99. The normalized spacial score (nSPS) is 10.8. The molecular weight excluding hydrogens is 374 g/mol. The minimum Gasteiger partial charge on any atom is -0.496 e. The van der Waals surface area contributed by atoms with E-state index in [0.29, 0.717) is 36.0 Å². The molecule has 0 atom stereocenters. The Morgan fingerprint density at radius 1 is 1.00 bits per heavy atom. The van der Waals surface area contributed by atoms with E-state index in [1.807, 2.05) is 31.2 Å². The van der Waals surface area contributed by atoms with Gasteiger partial charge < -0.3 is 28.7 Å². The molecule has 3 rings (SSSR count). The SMILES string of the molecule is CCOCc1c(C(=O)NCc2cc(OC)c(OC)cc2OC)oc2ccccc12. The maximum absolute atomic E-state index is 12.9. The average Bonchev–Trinajstić information content (AvgIpc) is 3.13. The first-order chi connectivity index (χ1) is 14.1. The summed E-state index contributed by atoms with van der Waals surface area (Å²) in [7, 11) is 4.67. The zero-order chi connectivity index (χ0) is 20.8. The van der Waals surface area contributed by atoms with Crippen LogP contribution in [0.1, 0.15) is 28.6 Å². The van der Waals surface area contributed by atoms with Gasteiger partial charge in [0.25, 0.3) is 5.91 Å². The number of benzene rings is 2. The molecule has 0 saturated heterocycles. The van der Waals surface area contributed by atoms with Gasteiger partial charge in [-0.25, -0.2) is 0 Å². The number of carbonyl (C=O) groups excluding carboxylic acids is 1. The fraction of sp³-hybridized carbons (Fsp3) is 0.318. The number of hydrogen-bond donors (Lipinski definition) is 1. The van der Waals surface area contributed by atoms with E-state index in [2.05, 4.69) is 5.32 Å². The lowest BCUT2D eigenvalue weighted by atomic mass is 10.1. The third-order valence-corrected chi connectivity index (χ3v) is 4.58. The molecule has 7 heteroatoms. The second-order valence-corrected chi connectivity index (χ2v) is 6.24. The number of nitrogens with one attached hydrogen (secondary N) is 1. The highest BCUT2D eigenvalue weighted by atomic mass is 16.5. The van der Waals surface area contributed by atoms with Gasteiger partial charge in [0.2, 0.25) is 0 Å². The molecule has 7 nitrogen and oxygen atoms in total. The Kier molecular flexibility index (Phi) is 6.61. The number of rotatable bonds is 9. The van der Waals surface area contributed by atoms with Crippen LogP contribution in [0.2, 0.25) is 0 Å². The van der Waals surface area contributed by atoms with Crippen LogP contribution < -0.4 is 19.5 Å². The van der Waals surface area contributed by atoms with Gasteiger partial charge in [-0.05, 0) is 19.1 Å². The molecule has 3 aromatic rings. The minimum absolute atomic E-state index is 0.230. The Labute approximate surface area is 169 Å². The van der Waals surface area contributed by atoms with Crippen molar-refractivity contribution in [1.29, 1.82) is 0 Å². The largest absolute Gasteiger partial charge is 0.496 e. The first-order valence-electron chi connectivity index (χ1n) is 9.28. The van der Waals surface area contributed by atoms with Crippen molar-refractivity contribution in [3.63, 3.8) is 0 Å². The molecule has 0 aliphatic carbocycles. The molecule has 0 saturated carbocycles. The third kappa shape index (κ3) is 4.30. The van der Waals surface area contributed by atoms with Gasteiger partial charge in [0, 0.05) is 35.7 Å². The second kappa shape index (κ2) is 9.34. The molecule has 0 bridgehead atoms. The maximum atomic E-state index is 12.9. The van der Waals surface area contributed by atoms with E-state index in [1.165, 1.54) is 0 Å². The van der Waals surface area contributed by atoms with E-state index in [1.54, 1.807) is 33.5 Å². The summed E-state index contributed by atoms with van der Waals surface area (Å²) < 4.78 is 27.4. The van der Waals surface area contributed by atoms with Crippen molar-refractivity contribution in [2.45, 2.75) is 20.1 Å². The van der Waals surface area contributed by atoms with Gasteiger partial charge in [0.1, 0.15) is 11.3 Å². The van der Waals surface area contributed by atoms with E-state index in [-0.39, 0.29) is 18.2 Å². The topological polar surface area (TPSA) is 79.2 Å². The number of fused-ring (bicyclic) bond motifs is 1. The van der Waals surface area contributed by atoms with Gasteiger partial charge in [-0.3, -0.25) is 4.79 Å². The van der Waals surface area contributed by atoms with E-state index < -0.39 is 0 Å². The van der Waals surface area contributed by atoms with Crippen LogP contribution in [0.3, 0.4) is 0 Å². The number of methoxy groups -OCH3 is 3. The smallest absolute Gasteiger partial charge is 0.287 e. The monoisotopic (exact) mass is 399 g/mol. The van der Waals surface area contributed by atoms with Crippen LogP contribution in [0.4, 0.5) is 0 Å². The first kappa shape index (κ1) is 20.5. The first-order valence-corrected chi connectivity index (χ1v) is 9.28. The molecular formula is C22H25NO6. The average molecular weight is 399 g/mol. The summed E-state index contributed by atoms with van der Waals surface area (Å²) in [4.78, 5) is 12.9. The molecule has 154 valence electrons. The lowest BCUT2D eigenvalue weighted by Gasteiger charge is -2.14. The van der Waals surface area contributed by atoms with E-state index in [9.17, 15) is 4.79 Å². The Bertz CT molecular complexity index is 994. The summed E-state index contributed by atoms with van der Waals surface area (Å²) in [6.45, 7) is 2.98. The summed E-state index contributed by atoms with van der Waals surface area (Å²) in [5.41, 5.74) is 2.14. The van der Waals surface area contributed by atoms with Crippen molar-refractivity contribution in [2.75, 3.05) is 27.9 Å². The van der Waals surface area contributed by atoms with Gasteiger partial charge >= 0.3 is 0 Å². The summed E-state index contributed by atoms with van der Waals surface area (Å²) in [5.74, 6) is 1.61. The van der Waals surface area contributed by atoms with Crippen molar-refractivity contribution < 1.29 is 28.2 Å². The Morgan fingerprint density at radius 3 is 2.38 bits per heavy atom. The van der Waals surface area contributed by atoms with Gasteiger partial charge in [-0.1, -0.05) is 18.2 Å². The molecule has 2 aromatic carbocycles. The summed E-state index contributed by atoms with van der Waals surface area (Å²) in [6, 6.07) is 11.0. The predicted octanol–water partition coefficient (Wildman–Crippen LogP) is 3.93. The molecule has 0 aliphatic rings. The van der Waals surface area contributed by atoms with Crippen LogP contribution in [0.25, 0.3) is 11.0 Å². The molecule has 0 fully saturated rings. The fourth-order valence-corrected chi connectivity index (χ4v) is 3.12.